The van der Waals surface area contributed by atoms with Crippen molar-refractivity contribution in [2.45, 2.75) is 12.3 Å². The molecule has 1 amide bonds. The van der Waals surface area contributed by atoms with Crippen molar-refractivity contribution in [3.63, 3.8) is 0 Å². The van der Waals surface area contributed by atoms with Crippen LogP contribution >= 0.6 is 11.6 Å². The van der Waals surface area contributed by atoms with E-state index in [1.807, 2.05) is 41.0 Å². The zero-order valence-electron chi connectivity index (χ0n) is 12.1. The second kappa shape index (κ2) is 5.52. The van der Waals surface area contributed by atoms with Gasteiger partial charge in [-0.2, -0.15) is 0 Å². The molecule has 6 heteroatoms. The summed E-state index contributed by atoms with van der Waals surface area (Å²) >= 11 is 6.07. The van der Waals surface area contributed by atoms with Crippen molar-refractivity contribution in [2.75, 3.05) is 5.32 Å². The Morgan fingerprint density at radius 3 is 2.96 bits per heavy atom. The number of amides is 1. The van der Waals surface area contributed by atoms with Gasteiger partial charge >= 0.3 is 0 Å². The fourth-order valence-corrected chi connectivity index (χ4v) is 3.07. The molecule has 0 bridgehead atoms. The third-order valence-electron chi connectivity index (χ3n) is 3.95. The molecule has 0 fully saturated rings. The normalized spacial score (nSPS) is 16.7. The van der Waals surface area contributed by atoms with Crippen molar-refractivity contribution in [3.8, 4) is 5.69 Å². The Kier molecular flexibility index (Phi) is 3.35. The molecular formula is C17H13ClN4O. The minimum absolute atomic E-state index is 0.0323. The SMILES string of the molecule is O=C1C[C@@H](c2cccnc2)c2ncn(-c3cccc(Cl)c3)c2N1. The maximum Gasteiger partial charge on any atom is 0.226 e. The molecule has 0 aliphatic carbocycles. The number of anilines is 1. The Morgan fingerprint density at radius 1 is 1.26 bits per heavy atom. The highest BCUT2D eigenvalue weighted by molar-refractivity contribution is 6.30. The summed E-state index contributed by atoms with van der Waals surface area (Å²) in [6.07, 6.45) is 5.58. The summed E-state index contributed by atoms with van der Waals surface area (Å²) in [6, 6.07) is 11.3. The minimum Gasteiger partial charge on any atom is -0.310 e. The third-order valence-corrected chi connectivity index (χ3v) is 4.18. The van der Waals surface area contributed by atoms with Crippen LogP contribution in [0.1, 0.15) is 23.6 Å². The first-order chi connectivity index (χ1) is 11.2. The van der Waals surface area contributed by atoms with Gasteiger partial charge in [-0.05, 0) is 29.8 Å². The molecule has 1 aliphatic rings. The molecule has 3 aromatic rings. The first-order valence-electron chi connectivity index (χ1n) is 7.25. The molecule has 114 valence electrons. The molecule has 4 rings (SSSR count). The van der Waals surface area contributed by atoms with Crippen LogP contribution in [0.4, 0.5) is 5.82 Å². The number of rotatable bonds is 2. The molecule has 23 heavy (non-hydrogen) atoms. The maximum atomic E-state index is 12.2. The van der Waals surface area contributed by atoms with E-state index in [0.29, 0.717) is 17.3 Å². The highest BCUT2D eigenvalue weighted by Crippen LogP contribution is 2.37. The zero-order chi connectivity index (χ0) is 15.8. The summed E-state index contributed by atoms with van der Waals surface area (Å²) in [5.41, 5.74) is 2.69. The largest absolute Gasteiger partial charge is 0.310 e. The molecule has 0 spiro atoms. The Bertz CT molecular complexity index is 875. The summed E-state index contributed by atoms with van der Waals surface area (Å²) in [7, 11) is 0. The maximum absolute atomic E-state index is 12.2. The topological polar surface area (TPSA) is 59.8 Å². The molecule has 0 saturated carbocycles. The molecular weight excluding hydrogens is 312 g/mol. The number of halogens is 1. The number of benzene rings is 1. The van der Waals surface area contributed by atoms with Gasteiger partial charge in [0.1, 0.15) is 12.1 Å². The van der Waals surface area contributed by atoms with Crippen molar-refractivity contribution < 1.29 is 4.79 Å². The third kappa shape index (κ3) is 2.49. The van der Waals surface area contributed by atoms with Crippen molar-refractivity contribution in [1.82, 2.24) is 14.5 Å². The van der Waals surface area contributed by atoms with Crippen molar-refractivity contribution in [1.29, 1.82) is 0 Å². The molecule has 1 N–H and O–H groups in total. The number of carbonyl (C=O) groups excluding carboxylic acids is 1. The van der Waals surface area contributed by atoms with Crippen LogP contribution < -0.4 is 5.32 Å². The van der Waals surface area contributed by atoms with E-state index < -0.39 is 0 Å². The molecule has 2 aromatic heterocycles. The first kappa shape index (κ1) is 14.0. The summed E-state index contributed by atoms with van der Waals surface area (Å²) in [4.78, 5) is 20.8. The lowest BCUT2D eigenvalue weighted by molar-refractivity contribution is -0.116. The number of aromatic nitrogens is 3. The van der Waals surface area contributed by atoms with E-state index in [9.17, 15) is 4.79 Å². The fraction of sp³-hybridized carbons (Fsp3) is 0.118. The Hall–Kier alpha value is -2.66. The Morgan fingerprint density at radius 2 is 2.17 bits per heavy atom. The number of carbonyl (C=O) groups is 1. The van der Waals surface area contributed by atoms with E-state index in [2.05, 4.69) is 15.3 Å². The minimum atomic E-state index is -0.0899. The molecule has 1 atom stereocenters. The molecule has 1 aromatic carbocycles. The summed E-state index contributed by atoms with van der Waals surface area (Å²) < 4.78 is 1.85. The molecule has 0 saturated heterocycles. The average Bonchev–Trinajstić information content (AvgIpc) is 2.98. The first-order valence-corrected chi connectivity index (χ1v) is 7.63. The van der Waals surface area contributed by atoms with Gasteiger partial charge in [-0.1, -0.05) is 23.7 Å². The number of pyridine rings is 1. The van der Waals surface area contributed by atoms with Crippen LogP contribution in [0.15, 0.2) is 55.1 Å². The number of imidazole rings is 1. The van der Waals surface area contributed by atoms with E-state index in [4.69, 9.17) is 11.6 Å². The predicted octanol–water partition coefficient (Wildman–Crippen LogP) is 3.39. The van der Waals surface area contributed by atoms with E-state index in [1.165, 1.54) is 0 Å². The van der Waals surface area contributed by atoms with Crippen LogP contribution in [-0.2, 0) is 4.79 Å². The van der Waals surface area contributed by atoms with Crippen LogP contribution in [0.2, 0.25) is 5.02 Å². The van der Waals surface area contributed by atoms with E-state index in [1.54, 1.807) is 18.7 Å². The monoisotopic (exact) mass is 324 g/mol. The zero-order valence-corrected chi connectivity index (χ0v) is 12.9. The van der Waals surface area contributed by atoms with Crippen molar-refractivity contribution in [3.05, 3.63) is 71.4 Å². The molecule has 0 unspecified atom stereocenters. The van der Waals surface area contributed by atoms with E-state index in [0.717, 1.165) is 16.9 Å². The van der Waals surface area contributed by atoms with Crippen LogP contribution in [-0.4, -0.2) is 20.4 Å². The highest BCUT2D eigenvalue weighted by atomic mass is 35.5. The number of hydrogen-bond donors (Lipinski definition) is 1. The van der Waals surface area contributed by atoms with Gasteiger partial charge in [-0.3, -0.25) is 14.3 Å². The quantitative estimate of drug-likeness (QED) is 0.786. The molecule has 0 radical (unpaired) electrons. The van der Waals surface area contributed by atoms with E-state index >= 15 is 0 Å². The molecule has 1 aliphatic heterocycles. The van der Waals surface area contributed by atoms with Gasteiger partial charge in [0.2, 0.25) is 5.91 Å². The Balaban J connectivity index is 1.83. The standard InChI is InChI=1S/C17H13ClN4O/c18-12-4-1-5-13(7-12)22-10-20-16-14(8-15(23)21-17(16)22)11-3-2-6-19-9-11/h1-7,9-10,14H,8H2,(H,21,23)/t14-/m0/s1. The highest BCUT2D eigenvalue weighted by Gasteiger charge is 2.31. The fourth-order valence-electron chi connectivity index (χ4n) is 2.89. The number of nitrogens with one attached hydrogen (secondary N) is 1. The Labute approximate surface area is 138 Å². The van der Waals surface area contributed by atoms with Gasteiger partial charge in [0.25, 0.3) is 0 Å². The lowest BCUT2D eigenvalue weighted by atomic mass is 9.91. The van der Waals surface area contributed by atoms with Crippen LogP contribution in [0.3, 0.4) is 0 Å². The lowest BCUT2D eigenvalue weighted by Gasteiger charge is -2.23. The number of fused-ring (bicyclic) bond motifs is 1. The van der Waals surface area contributed by atoms with Gasteiger partial charge in [-0.15, -0.1) is 0 Å². The van der Waals surface area contributed by atoms with Gasteiger partial charge in [0, 0.05) is 35.4 Å². The van der Waals surface area contributed by atoms with Crippen molar-refractivity contribution >= 4 is 23.3 Å². The van der Waals surface area contributed by atoms with E-state index in [-0.39, 0.29) is 11.8 Å². The molecule has 3 heterocycles. The van der Waals surface area contributed by atoms with Gasteiger partial charge in [-0.25, -0.2) is 4.98 Å². The van der Waals surface area contributed by atoms with Crippen LogP contribution in [0.5, 0.6) is 0 Å². The smallest absolute Gasteiger partial charge is 0.226 e. The second-order valence-electron chi connectivity index (χ2n) is 5.42. The summed E-state index contributed by atoms with van der Waals surface area (Å²) in [6.45, 7) is 0. The van der Waals surface area contributed by atoms with Gasteiger partial charge in [0.15, 0.2) is 0 Å². The lowest BCUT2D eigenvalue weighted by Crippen LogP contribution is -2.24. The van der Waals surface area contributed by atoms with Crippen LogP contribution in [0, 0.1) is 0 Å². The number of hydrogen-bond acceptors (Lipinski definition) is 3. The number of nitrogens with zero attached hydrogens (tertiary/aromatic N) is 3. The van der Waals surface area contributed by atoms with Crippen LogP contribution in [0.25, 0.3) is 5.69 Å². The predicted molar refractivity (Wildman–Crippen MR) is 87.9 cm³/mol. The van der Waals surface area contributed by atoms with Gasteiger partial charge < -0.3 is 5.32 Å². The van der Waals surface area contributed by atoms with Gasteiger partial charge in [0.05, 0.1) is 5.69 Å². The average molecular weight is 325 g/mol. The molecule has 5 nitrogen and oxygen atoms in total. The second-order valence-corrected chi connectivity index (χ2v) is 5.86. The summed E-state index contributed by atoms with van der Waals surface area (Å²) in [5, 5.41) is 3.56. The summed E-state index contributed by atoms with van der Waals surface area (Å²) in [5.74, 6) is 0.570. The van der Waals surface area contributed by atoms with Crippen molar-refractivity contribution in [2.24, 2.45) is 0 Å².